The van der Waals surface area contributed by atoms with Crippen LogP contribution in [0.15, 0.2) is 6.07 Å². The molecule has 1 heterocycles. The Labute approximate surface area is 111 Å². The van der Waals surface area contributed by atoms with Gasteiger partial charge in [-0.2, -0.15) is 0 Å². The Morgan fingerprint density at radius 3 is 2.37 bits per heavy atom. The molecular weight excluding hydrogens is 248 g/mol. The molecule has 0 saturated heterocycles. The summed E-state index contributed by atoms with van der Waals surface area (Å²) < 4.78 is 5.10. The van der Waals surface area contributed by atoms with Crippen molar-refractivity contribution in [3.63, 3.8) is 0 Å². The Morgan fingerprint density at radius 1 is 1.32 bits per heavy atom. The number of hydrogen-bond acceptors (Lipinski definition) is 4. The van der Waals surface area contributed by atoms with Gasteiger partial charge in [-0.25, -0.2) is 14.6 Å². The van der Waals surface area contributed by atoms with Crippen molar-refractivity contribution in [2.24, 2.45) is 0 Å². The molecular formula is C13H18N2O4. The highest BCUT2D eigenvalue weighted by atomic mass is 16.6. The summed E-state index contributed by atoms with van der Waals surface area (Å²) in [6, 6.07) is 1.46. The third-order valence-corrected chi connectivity index (χ3v) is 2.25. The lowest BCUT2D eigenvalue weighted by Crippen LogP contribution is -2.28. The number of hydrogen-bond donors (Lipinski definition) is 2. The number of pyridine rings is 1. The topological polar surface area (TPSA) is 88.5 Å². The van der Waals surface area contributed by atoms with Gasteiger partial charge >= 0.3 is 12.1 Å². The van der Waals surface area contributed by atoms with Crippen LogP contribution in [0, 0.1) is 13.8 Å². The summed E-state index contributed by atoms with van der Waals surface area (Å²) in [5.41, 5.74) is 0.383. The Balaban J connectivity index is 3.02. The molecule has 1 aromatic heterocycles. The minimum Gasteiger partial charge on any atom is -0.478 e. The van der Waals surface area contributed by atoms with Crippen molar-refractivity contribution in [3.05, 3.63) is 22.9 Å². The fourth-order valence-electron chi connectivity index (χ4n) is 1.48. The minimum atomic E-state index is -1.06. The molecule has 19 heavy (non-hydrogen) atoms. The molecule has 0 fully saturated rings. The van der Waals surface area contributed by atoms with Crippen molar-refractivity contribution in [1.82, 2.24) is 4.98 Å². The predicted molar refractivity (Wildman–Crippen MR) is 70.5 cm³/mol. The molecule has 2 N–H and O–H groups in total. The van der Waals surface area contributed by atoms with Crippen LogP contribution >= 0.6 is 0 Å². The number of nitrogens with zero attached hydrogens (tertiary/aromatic N) is 1. The number of amides is 1. The molecule has 0 radical (unpaired) electrons. The first-order valence-electron chi connectivity index (χ1n) is 5.81. The summed E-state index contributed by atoms with van der Waals surface area (Å²) in [4.78, 5) is 26.8. The van der Waals surface area contributed by atoms with Crippen molar-refractivity contribution in [2.45, 2.75) is 40.2 Å². The fourth-order valence-corrected chi connectivity index (χ4v) is 1.48. The van der Waals surface area contributed by atoms with Crippen molar-refractivity contribution in [3.8, 4) is 0 Å². The zero-order chi connectivity index (χ0) is 14.8. The molecule has 0 aromatic carbocycles. The largest absolute Gasteiger partial charge is 0.478 e. The normalized spacial score (nSPS) is 11.0. The smallest absolute Gasteiger partial charge is 0.413 e. The van der Waals surface area contributed by atoms with E-state index in [0.29, 0.717) is 11.3 Å². The van der Waals surface area contributed by atoms with Crippen molar-refractivity contribution in [1.29, 1.82) is 0 Å². The minimum absolute atomic E-state index is 0.110. The highest BCUT2D eigenvalue weighted by Gasteiger charge is 2.19. The average molecular weight is 266 g/mol. The molecule has 1 aromatic rings. The van der Waals surface area contributed by atoms with E-state index < -0.39 is 17.7 Å². The molecule has 1 rings (SSSR count). The van der Waals surface area contributed by atoms with Gasteiger partial charge in [0, 0.05) is 11.3 Å². The lowest BCUT2D eigenvalue weighted by molar-refractivity contribution is 0.0631. The van der Waals surface area contributed by atoms with Gasteiger partial charge in [0.2, 0.25) is 0 Å². The van der Waals surface area contributed by atoms with Crippen molar-refractivity contribution < 1.29 is 19.4 Å². The zero-order valence-electron chi connectivity index (χ0n) is 11.7. The van der Waals surface area contributed by atoms with E-state index in [1.54, 1.807) is 34.6 Å². The maximum Gasteiger partial charge on any atom is 0.413 e. The maximum atomic E-state index is 11.7. The van der Waals surface area contributed by atoms with Crippen molar-refractivity contribution >= 4 is 17.9 Å². The van der Waals surface area contributed by atoms with Crippen LogP contribution in [0.3, 0.4) is 0 Å². The second kappa shape index (κ2) is 5.26. The summed E-state index contributed by atoms with van der Waals surface area (Å²) >= 11 is 0. The number of aromatic carboxylic acids is 1. The van der Waals surface area contributed by atoms with Gasteiger partial charge in [0.25, 0.3) is 0 Å². The standard InChI is InChI=1S/C13H18N2O4/c1-7-6-9(11(16)17)8(2)10(14-7)15-12(18)19-13(3,4)5/h6H,1-5H3,(H,16,17)(H,14,15,18). The number of anilines is 1. The average Bonchev–Trinajstić information content (AvgIpc) is 2.19. The number of carbonyl (C=O) groups excluding carboxylic acids is 1. The zero-order valence-corrected chi connectivity index (χ0v) is 11.7. The van der Waals surface area contributed by atoms with Crippen LogP contribution in [0.5, 0.6) is 0 Å². The highest BCUT2D eigenvalue weighted by molar-refractivity contribution is 5.93. The molecule has 0 spiro atoms. The number of nitrogens with one attached hydrogen (secondary N) is 1. The van der Waals surface area contributed by atoms with E-state index in [0.717, 1.165) is 0 Å². The molecule has 1 amide bonds. The monoisotopic (exact) mass is 266 g/mol. The van der Waals surface area contributed by atoms with Gasteiger partial charge in [-0.15, -0.1) is 0 Å². The SMILES string of the molecule is Cc1cc(C(=O)O)c(C)c(NC(=O)OC(C)(C)C)n1. The number of ether oxygens (including phenoxy) is 1. The van der Waals surface area contributed by atoms with Gasteiger partial charge in [0.05, 0.1) is 5.56 Å². The molecule has 0 aliphatic heterocycles. The molecule has 6 heteroatoms. The van der Waals surface area contributed by atoms with Crippen LogP contribution in [0.1, 0.15) is 42.4 Å². The summed E-state index contributed by atoms with van der Waals surface area (Å²) in [6.07, 6.45) is -0.662. The third kappa shape index (κ3) is 4.24. The van der Waals surface area contributed by atoms with E-state index in [1.165, 1.54) is 6.07 Å². The van der Waals surface area contributed by atoms with Crippen LogP contribution in [-0.4, -0.2) is 27.8 Å². The molecule has 0 unspecified atom stereocenters. The summed E-state index contributed by atoms with van der Waals surface area (Å²) in [7, 11) is 0. The second-order valence-corrected chi connectivity index (χ2v) is 5.22. The number of rotatable bonds is 2. The van der Waals surface area contributed by atoms with E-state index in [4.69, 9.17) is 9.84 Å². The van der Waals surface area contributed by atoms with Gasteiger partial charge < -0.3 is 9.84 Å². The molecule has 0 saturated carbocycles. The number of aromatic nitrogens is 1. The fraction of sp³-hybridized carbons (Fsp3) is 0.462. The number of carbonyl (C=O) groups is 2. The number of carboxylic acids is 1. The molecule has 6 nitrogen and oxygen atoms in total. The lowest BCUT2D eigenvalue weighted by atomic mass is 10.1. The quantitative estimate of drug-likeness (QED) is 0.859. The van der Waals surface area contributed by atoms with E-state index in [-0.39, 0.29) is 11.4 Å². The van der Waals surface area contributed by atoms with E-state index >= 15 is 0 Å². The molecule has 0 bridgehead atoms. The van der Waals surface area contributed by atoms with E-state index in [1.807, 2.05) is 0 Å². The molecule has 0 aliphatic rings. The van der Waals surface area contributed by atoms with Crippen LogP contribution in [-0.2, 0) is 4.74 Å². The Morgan fingerprint density at radius 2 is 1.89 bits per heavy atom. The molecule has 0 aliphatic carbocycles. The van der Waals surface area contributed by atoms with E-state index in [9.17, 15) is 9.59 Å². The molecule has 104 valence electrons. The van der Waals surface area contributed by atoms with Crippen LogP contribution in [0.25, 0.3) is 0 Å². The van der Waals surface area contributed by atoms with Gasteiger partial charge in [-0.3, -0.25) is 5.32 Å². The number of carboxylic acid groups (broad SMARTS) is 1. The number of aryl methyl sites for hydroxylation is 1. The van der Waals surface area contributed by atoms with Gasteiger partial charge in [-0.1, -0.05) is 0 Å². The predicted octanol–water partition coefficient (Wildman–Crippen LogP) is 2.74. The lowest BCUT2D eigenvalue weighted by Gasteiger charge is -2.20. The summed E-state index contributed by atoms with van der Waals surface area (Å²) in [5.74, 6) is -0.859. The van der Waals surface area contributed by atoms with Crippen LogP contribution in [0.4, 0.5) is 10.6 Å². The summed E-state index contributed by atoms with van der Waals surface area (Å²) in [6.45, 7) is 8.47. The Hall–Kier alpha value is -2.11. The van der Waals surface area contributed by atoms with E-state index in [2.05, 4.69) is 10.3 Å². The van der Waals surface area contributed by atoms with Gasteiger partial charge in [0.15, 0.2) is 0 Å². The first-order valence-corrected chi connectivity index (χ1v) is 5.81. The maximum absolute atomic E-state index is 11.7. The third-order valence-electron chi connectivity index (χ3n) is 2.25. The second-order valence-electron chi connectivity index (χ2n) is 5.22. The van der Waals surface area contributed by atoms with Crippen LogP contribution in [0.2, 0.25) is 0 Å². The first kappa shape index (κ1) is 14.9. The van der Waals surface area contributed by atoms with Gasteiger partial charge in [-0.05, 0) is 40.7 Å². The summed E-state index contributed by atoms with van der Waals surface area (Å²) in [5, 5.41) is 11.5. The first-order chi connectivity index (χ1) is 8.60. The van der Waals surface area contributed by atoms with Crippen molar-refractivity contribution in [2.75, 3.05) is 5.32 Å². The van der Waals surface area contributed by atoms with Crippen LogP contribution < -0.4 is 5.32 Å². The van der Waals surface area contributed by atoms with Gasteiger partial charge in [0.1, 0.15) is 11.4 Å². The highest BCUT2D eigenvalue weighted by Crippen LogP contribution is 2.19. The Kier molecular flexibility index (Phi) is 4.14. The Bertz CT molecular complexity index is 518. The molecule has 0 atom stereocenters.